The number of nitrogens with zero attached hydrogens (tertiary/aromatic N) is 5. The number of hydrogen-bond acceptors (Lipinski definition) is 5. The van der Waals surface area contributed by atoms with E-state index < -0.39 is 0 Å². The molecule has 2 aromatic heterocycles. The largest absolute Gasteiger partial charge is 0.377 e. The number of imidazole rings is 1. The summed E-state index contributed by atoms with van der Waals surface area (Å²) in [4.78, 5) is 27.2. The Morgan fingerprint density at radius 2 is 2.21 bits per heavy atom. The minimum Gasteiger partial charge on any atom is -0.377 e. The van der Waals surface area contributed by atoms with Gasteiger partial charge in [-0.25, -0.2) is 4.98 Å². The number of aryl methyl sites for hydroxylation is 3. The highest BCUT2D eigenvalue weighted by Crippen LogP contribution is 2.15. The zero-order chi connectivity index (χ0) is 16.8. The van der Waals surface area contributed by atoms with Gasteiger partial charge in [0.1, 0.15) is 0 Å². The summed E-state index contributed by atoms with van der Waals surface area (Å²) >= 11 is 0. The van der Waals surface area contributed by atoms with Crippen molar-refractivity contribution in [2.75, 3.05) is 19.8 Å². The van der Waals surface area contributed by atoms with E-state index in [9.17, 15) is 4.79 Å². The van der Waals surface area contributed by atoms with Crippen molar-refractivity contribution < 1.29 is 9.53 Å². The second kappa shape index (κ2) is 8.01. The molecular weight excluding hydrogens is 306 g/mol. The molecule has 0 saturated carbocycles. The van der Waals surface area contributed by atoms with Crippen LogP contribution in [0.2, 0.25) is 0 Å². The number of hydrogen-bond donors (Lipinski definition) is 0. The summed E-state index contributed by atoms with van der Waals surface area (Å²) in [5.74, 6) is 0.174. The first-order valence-electron chi connectivity index (χ1n) is 8.33. The number of amides is 1. The first-order valence-corrected chi connectivity index (χ1v) is 8.33. The van der Waals surface area contributed by atoms with Crippen molar-refractivity contribution in [1.29, 1.82) is 0 Å². The Labute approximate surface area is 141 Å². The van der Waals surface area contributed by atoms with Gasteiger partial charge in [-0.3, -0.25) is 14.8 Å². The molecule has 1 aliphatic rings. The highest BCUT2D eigenvalue weighted by Gasteiger charge is 2.27. The van der Waals surface area contributed by atoms with Gasteiger partial charge in [-0.15, -0.1) is 0 Å². The van der Waals surface area contributed by atoms with Gasteiger partial charge in [0.05, 0.1) is 37.0 Å². The summed E-state index contributed by atoms with van der Waals surface area (Å²) in [6, 6.07) is 0.107. The second-order valence-electron chi connectivity index (χ2n) is 5.99. The van der Waals surface area contributed by atoms with Crippen LogP contribution in [0.3, 0.4) is 0 Å². The normalized spacial score (nSPS) is 17.9. The van der Waals surface area contributed by atoms with Crippen molar-refractivity contribution in [1.82, 2.24) is 24.4 Å². The number of carbonyl (C=O) groups is 1. The van der Waals surface area contributed by atoms with Gasteiger partial charge in [0, 0.05) is 44.3 Å². The zero-order valence-electron chi connectivity index (χ0n) is 14.0. The topological polar surface area (TPSA) is 73.1 Å². The molecule has 7 nitrogen and oxygen atoms in total. The fraction of sp³-hybridized carbons (Fsp3) is 0.529. The lowest BCUT2D eigenvalue weighted by molar-refractivity contribution is -0.140. The molecule has 1 aliphatic heterocycles. The third-order valence-electron chi connectivity index (χ3n) is 4.39. The smallest absolute Gasteiger partial charge is 0.224 e. The number of carbonyl (C=O) groups excluding carboxylic acids is 1. The first kappa shape index (κ1) is 16.6. The molecule has 0 radical (unpaired) electrons. The maximum Gasteiger partial charge on any atom is 0.224 e. The van der Waals surface area contributed by atoms with E-state index in [-0.39, 0.29) is 11.9 Å². The third-order valence-corrected chi connectivity index (χ3v) is 4.39. The number of morpholine rings is 1. The summed E-state index contributed by atoms with van der Waals surface area (Å²) < 4.78 is 7.51. The molecule has 1 amide bonds. The summed E-state index contributed by atoms with van der Waals surface area (Å²) in [5, 5.41) is 0. The molecule has 128 valence electrons. The number of aromatic nitrogens is 4. The molecule has 1 saturated heterocycles. The van der Waals surface area contributed by atoms with Crippen LogP contribution in [0, 0.1) is 6.92 Å². The molecule has 7 heteroatoms. The Bertz CT molecular complexity index is 659. The van der Waals surface area contributed by atoms with Gasteiger partial charge in [-0.2, -0.15) is 0 Å². The lowest BCUT2D eigenvalue weighted by Gasteiger charge is -2.36. The van der Waals surface area contributed by atoms with Crippen LogP contribution < -0.4 is 0 Å². The van der Waals surface area contributed by atoms with Crippen LogP contribution in [0.1, 0.15) is 24.2 Å². The van der Waals surface area contributed by atoms with Crippen molar-refractivity contribution in [3.05, 3.63) is 42.5 Å². The fourth-order valence-electron chi connectivity index (χ4n) is 2.99. The Morgan fingerprint density at radius 1 is 1.33 bits per heavy atom. The molecule has 0 N–H and O–H groups in total. The van der Waals surface area contributed by atoms with Crippen molar-refractivity contribution in [2.45, 2.75) is 38.8 Å². The molecule has 0 bridgehead atoms. The van der Waals surface area contributed by atoms with Crippen LogP contribution in [0.25, 0.3) is 0 Å². The SMILES string of the molecule is Cc1nccnc1CC[C@H]1COCCN1C(=O)CCn1ccnc1. The average molecular weight is 329 g/mol. The Kier molecular flexibility index (Phi) is 5.53. The first-order chi connectivity index (χ1) is 11.7. The highest BCUT2D eigenvalue weighted by atomic mass is 16.5. The van der Waals surface area contributed by atoms with Gasteiger partial charge >= 0.3 is 0 Å². The maximum atomic E-state index is 12.6. The number of ether oxygens (including phenoxy) is 1. The van der Waals surface area contributed by atoms with E-state index in [1.807, 2.05) is 22.6 Å². The van der Waals surface area contributed by atoms with E-state index in [1.165, 1.54) is 0 Å². The zero-order valence-corrected chi connectivity index (χ0v) is 14.0. The molecule has 0 spiro atoms. The van der Waals surface area contributed by atoms with Crippen molar-refractivity contribution in [2.24, 2.45) is 0 Å². The van der Waals surface area contributed by atoms with E-state index in [0.29, 0.717) is 32.7 Å². The predicted molar refractivity (Wildman–Crippen MR) is 88.3 cm³/mol. The third kappa shape index (κ3) is 4.17. The minimum absolute atomic E-state index is 0.107. The standard InChI is InChI=1S/C17H23N5O2/c1-14-16(20-6-5-19-14)3-2-15-12-24-11-10-22(15)17(23)4-8-21-9-7-18-13-21/h5-7,9,13,15H,2-4,8,10-12H2,1H3/t15-/m0/s1. The van der Waals surface area contributed by atoms with Crippen molar-refractivity contribution in [3.63, 3.8) is 0 Å². The van der Waals surface area contributed by atoms with Gasteiger partial charge in [0.2, 0.25) is 5.91 Å². The van der Waals surface area contributed by atoms with Gasteiger partial charge in [-0.05, 0) is 19.8 Å². The van der Waals surface area contributed by atoms with Crippen LogP contribution in [-0.4, -0.2) is 56.1 Å². The summed E-state index contributed by atoms with van der Waals surface area (Å²) in [5.41, 5.74) is 1.95. The lowest BCUT2D eigenvalue weighted by atomic mass is 10.1. The fourth-order valence-corrected chi connectivity index (χ4v) is 2.99. The maximum absolute atomic E-state index is 12.6. The molecule has 0 aromatic carbocycles. The summed E-state index contributed by atoms with van der Waals surface area (Å²) in [6.45, 7) is 4.49. The molecule has 0 aliphatic carbocycles. The molecule has 24 heavy (non-hydrogen) atoms. The highest BCUT2D eigenvalue weighted by molar-refractivity contribution is 5.76. The van der Waals surface area contributed by atoms with Crippen molar-refractivity contribution in [3.8, 4) is 0 Å². The minimum atomic E-state index is 0.107. The van der Waals surface area contributed by atoms with Crippen LogP contribution in [0.5, 0.6) is 0 Å². The average Bonchev–Trinajstić information content (AvgIpc) is 3.13. The van der Waals surface area contributed by atoms with Gasteiger partial charge < -0.3 is 14.2 Å². The number of rotatable bonds is 6. The predicted octanol–water partition coefficient (Wildman–Crippen LogP) is 1.23. The van der Waals surface area contributed by atoms with E-state index in [4.69, 9.17) is 4.74 Å². The lowest BCUT2D eigenvalue weighted by Crippen LogP contribution is -2.49. The van der Waals surface area contributed by atoms with Crippen LogP contribution in [0.15, 0.2) is 31.1 Å². The van der Waals surface area contributed by atoms with Crippen LogP contribution in [-0.2, 0) is 22.5 Å². The quantitative estimate of drug-likeness (QED) is 0.797. The summed E-state index contributed by atoms with van der Waals surface area (Å²) in [6.07, 6.45) is 10.9. The van der Waals surface area contributed by atoms with Crippen LogP contribution >= 0.6 is 0 Å². The molecule has 2 aromatic rings. The van der Waals surface area contributed by atoms with E-state index in [0.717, 1.165) is 24.2 Å². The van der Waals surface area contributed by atoms with Gasteiger partial charge in [-0.1, -0.05) is 0 Å². The molecule has 3 rings (SSSR count). The Balaban J connectivity index is 1.56. The molecular formula is C17H23N5O2. The second-order valence-corrected chi connectivity index (χ2v) is 5.99. The Morgan fingerprint density at radius 3 is 3.00 bits per heavy atom. The van der Waals surface area contributed by atoms with E-state index in [2.05, 4.69) is 15.0 Å². The van der Waals surface area contributed by atoms with Gasteiger partial charge in [0.25, 0.3) is 0 Å². The summed E-state index contributed by atoms with van der Waals surface area (Å²) in [7, 11) is 0. The van der Waals surface area contributed by atoms with Gasteiger partial charge in [0.15, 0.2) is 0 Å². The molecule has 0 unspecified atom stereocenters. The molecule has 1 fully saturated rings. The van der Waals surface area contributed by atoms with E-state index >= 15 is 0 Å². The van der Waals surface area contributed by atoms with E-state index in [1.54, 1.807) is 24.9 Å². The monoisotopic (exact) mass is 329 g/mol. The molecule has 1 atom stereocenters. The van der Waals surface area contributed by atoms with Crippen LogP contribution in [0.4, 0.5) is 0 Å². The van der Waals surface area contributed by atoms with Crippen molar-refractivity contribution >= 4 is 5.91 Å². The Hall–Kier alpha value is -2.28. The molecule has 3 heterocycles.